The van der Waals surface area contributed by atoms with Crippen LogP contribution < -0.4 is 15.4 Å². The highest BCUT2D eigenvalue weighted by Crippen LogP contribution is 2.17. The van der Waals surface area contributed by atoms with Gasteiger partial charge in [0, 0.05) is 11.6 Å². The van der Waals surface area contributed by atoms with Gasteiger partial charge in [0.15, 0.2) is 0 Å². The predicted molar refractivity (Wildman–Crippen MR) is 93.2 cm³/mol. The SMILES string of the molecule is CC(NC(=O)NCc1cccc(OCC(F)F)c1)c1cccc(Cl)c1. The second-order valence-electron chi connectivity index (χ2n) is 5.45. The number of benzene rings is 2. The lowest BCUT2D eigenvalue weighted by Crippen LogP contribution is -2.36. The van der Waals surface area contributed by atoms with Crippen molar-refractivity contribution < 1.29 is 18.3 Å². The van der Waals surface area contributed by atoms with E-state index in [0.29, 0.717) is 10.8 Å². The van der Waals surface area contributed by atoms with Crippen molar-refractivity contribution in [3.8, 4) is 5.75 Å². The molecule has 1 atom stereocenters. The quantitative estimate of drug-likeness (QED) is 0.753. The summed E-state index contributed by atoms with van der Waals surface area (Å²) in [5.74, 6) is 0.340. The van der Waals surface area contributed by atoms with Crippen molar-refractivity contribution in [1.29, 1.82) is 0 Å². The highest BCUT2D eigenvalue weighted by Gasteiger charge is 2.10. The first-order valence-electron chi connectivity index (χ1n) is 7.74. The Kier molecular flexibility index (Phi) is 7.01. The van der Waals surface area contributed by atoms with Crippen LogP contribution in [0.5, 0.6) is 5.75 Å². The molecule has 4 nitrogen and oxygen atoms in total. The third-order valence-corrected chi connectivity index (χ3v) is 3.66. The molecule has 2 N–H and O–H groups in total. The first-order valence-corrected chi connectivity index (χ1v) is 8.11. The lowest BCUT2D eigenvalue weighted by Gasteiger charge is -2.15. The number of carbonyl (C=O) groups is 1. The molecule has 1 unspecified atom stereocenters. The summed E-state index contributed by atoms with van der Waals surface area (Å²) in [6.07, 6.45) is -2.53. The molecule has 0 fully saturated rings. The van der Waals surface area contributed by atoms with Crippen LogP contribution in [-0.4, -0.2) is 19.1 Å². The number of halogens is 3. The molecular formula is C18H19ClF2N2O2. The van der Waals surface area contributed by atoms with Crippen molar-refractivity contribution in [2.24, 2.45) is 0 Å². The van der Waals surface area contributed by atoms with E-state index in [1.165, 1.54) is 0 Å². The minimum absolute atomic E-state index is 0.209. The van der Waals surface area contributed by atoms with Crippen LogP contribution in [0.4, 0.5) is 13.6 Å². The molecule has 0 aliphatic heterocycles. The molecule has 2 aromatic carbocycles. The maximum atomic E-state index is 12.2. The van der Waals surface area contributed by atoms with Gasteiger partial charge in [0.05, 0.1) is 6.04 Å². The molecule has 25 heavy (non-hydrogen) atoms. The topological polar surface area (TPSA) is 50.4 Å². The fraction of sp³-hybridized carbons (Fsp3) is 0.278. The zero-order chi connectivity index (χ0) is 18.2. The van der Waals surface area contributed by atoms with E-state index in [4.69, 9.17) is 16.3 Å². The van der Waals surface area contributed by atoms with Crippen molar-refractivity contribution in [1.82, 2.24) is 10.6 Å². The molecule has 0 spiro atoms. The normalized spacial score (nSPS) is 11.9. The summed E-state index contributed by atoms with van der Waals surface area (Å²) in [6, 6.07) is 13.4. The highest BCUT2D eigenvalue weighted by molar-refractivity contribution is 6.30. The number of alkyl halides is 2. The lowest BCUT2D eigenvalue weighted by atomic mass is 10.1. The summed E-state index contributed by atoms with van der Waals surface area (Å²) in [5, 5.41) is 6.13. The summed E-state index contributed by atoms with van der Waals surface area (Å²) < 4.78 is 29.3. The molecule has 0 saturated heterocycles. The van der Waals surface area contributed by atoms with Gasteiger partial charge in [-0.25, -0.2) is 13.6 Å². The molecule has 2 aromatic rings. The number of amides is 2. The number of hydrogen-bond donors (Lipinski definition) is 2. The van der Waals surface area contributed by atoms with Crippen LogP contribution in [0.15, 0.2) is 48.5 Å². The molecule has 2 rings (SSSR count). The van der Waals surface area contributed by atoms with Crippen LogP contribution in [0, 0.1) is 0 Å². The number of urea groups is 1. The van der Waals surface area contributed by atoms with E-state index in [1.54, 1.807) is 36.4 Å². The molecule has 134 valence electrons. The zero-order valence-corrected chi connectivity index (χ0v) is 14.4. The molecule has 0 heterocycles. The molecule has 0 bridgehead atoms. The van der Waals surface area contributed by atoms with Gasteiger partial charge in [-0.1, -0.05) is 35.9 Å². The fourth-order valence-corrected chi connectivity index (χ4v) is 2.39. The standard InChI is InChI=1S/C18H19ClF2N2O2/c1-12(14-5-3-6-15(19)9-14)23-18(24)22-10-13-4-2-7-16(8-13)25-11-17(20)21/h2-9,12,17H,10-11H2,1H3,(H2,22,23,24). The minimum Gasteiger partial charge on any atom is -0.488 e. The number of rotatable bonds is 7. The van der Waals surface area contributed by atoms with Gasteiger partial charge in [-0.05, 0) is 42.3 Å². The molecule has 2 amide bonds. The number of ether oxygens (including phenoxy) is 1. The largest absolute Gasteiger partial charge is 0.488 e. The Balaban J connectivity index is 1.84. The van der Waals surface area contributed by atoms with E-state index >= 15 is 0 Å². The molecule has 0 aliphatic rings. The van der Waals surface area contributed by atoms with Gasteiger partial charge < -0.3 is 15.4 Å². The van der Waals surface area contributed by atoms with Crippen molar-refractivity contribution in [2.75, 3.05) is 6.61 Å². The monoisotopic (exact) mass is 368 g/mol. The molecule has 0 radical (unpaired) electrons. The molecular weight excluding hydrogens is 350 g/mol. The van der Waals surface area contributed by atoms with Crippen LogP contribution in [-0.2, 0) is 6.54 Å². The molecule has 0 aromatic heterocycles. The zero-order valence-electron chi connectivity index (χ0n) is 13.6. The van der Waals surface area contributed by atoms with Crippen molar-refractivity contribution in [3.63, 3.8) is 0 Å². The fourth-order valence-electron chi connectivity index (χ4n) is 2.19. The Morgan fingerprint density at radius 1 is 1.20 bits per heavy atom. The third kappa shape index (κ3) is 6.58. The summed E-state index contributed by atoms with van der Waals surface area (Å²) in [6.45, 7) is 1.44. The number of nitrogens with one attached hydrogen (secondary N) is 2. The van der Waals surface area contributed by atoms with E-state index in [0.717, 1.165) is 11.1 Å². The first-order chi connectivity index (χ1) is 11.9. The number of hydrogen-bond acceptors (Lipinski definition) is 2. The maximum Gasteiger partial charge on any atom is 0.315 e. The second kappa shape index (κ2) is 9.22. The van der Waals surface area contributed by atoms with Crippen molar-refractivity contribution in [2.45, 2.75) is 25.9 Å². The first kappa shape index (κ1) is 19.0. The Bertz CT molecular complexity index is 713. The second-order valence-corrected chi connectivity index (χ2v) is 5.89. The smallest absolute Gasteiger partial charge is 0.315 e. The van der Waals surface area contributed by atoms with Crippen LogP contribution in [0.2, 0.25) is 5.02 Å². The van der Waals surface area contributed by atoms with Gasteiger partial charge in [-0.2, -0.15) is 0 Å². The van der Waals surface area contributed by atoms with E-state index < -0.39 is 13.0 Å². The molecule has 0 aliphatic carbocycles. The van der Waals surface area contributed by atoms with E-state index in [1.807, 2.05) is 19.1 Å². The van der Waals surface area contributed by atoms with Crippen LogP contribution >= 0.6 is 11.6 Å². The van der Waals surface area contributed by atoms with Gasteiger partial charge in [-0.15, -0.1) is 0 Å². The summed E-state index contributed by atoms with van der Waals surface area (Å²) >= 11 is 5.94. The van der Waals surface area contributed by atoms with Crippen LogP contribution in [0.3, 0.4) is 0 Å². The predicted octanol–water partition coefficient (Wildman–Crippen LogP) is 4.54. The molecule has 7 heteroatoms. The van der Waals surface area contributed by atoms with Crippen LogP contribution in [0.25, 0.3) is 0 Å². The summed E-state index contributed by atoms with van der Waals surface area (Å²) in [4.78, 5) is 12.0. The average Bonchev–Trinajstić information content (AvgIpc) is 2.58. The number of carbonyl (C=O) groups excluding carboxylic acids is 1. The molecule has 0 saturated carbocycles. The maximum absolute atomic E-state index is 12.2. The van der Waals surface area contributed by atoms with E-state index in [2.05, 4.69) is 10.6 Å². The minimum atomic E-state index is -2.53. The van der Waals surface area contributed by atoms with Crippen molar-refractivity contribution >= 4 is 17.6 Å². The Morgan fingerprint density at radius 3 is 2.68 bits per heavy atom. The summed E-state index contributed by atoms with van der Waals surface area (Å²) in [5.41, 5.74) is 1.64. The Hall–Kier alpha value is -2.34. The van der Waals surface area contributed by atoms with Gasteiger partial charge in [0.2, 0.25) is 0 Å². The summed E-state index contributed by atoms with van der Waals surface area (Å²) in [7, 11) is 0. The van der Waals surface area contributed by atoms with E-state index in [-0.39, 0.29) is 18.6 Å². The lowest BCUT2D eigenvalue weighted by molar-refractivity contribution is 0.0818. The Labute approximate surface area is 150 Å². The average molecular weight is 369 g/mol. The van der Waals surface area contributed by atoms with Gasteiger partial charge in [0.25, 0.3) is 6.43 Å². The van der Waals surface area contributed by atoms with E-state index in [9.17, 15) is 13.6 Å². The van der Waals surface area contributed by atoms with Gasteiger partial charge in [0.1, 0.15) is 12.4 Å². The van der Waals surface area contributed by atoms with Crippen molar-refractivity contribution in [3.05, 3.63) is 64.7 Å². The van der Waals surface area contributed by atoms with Gasteiger partial charge in [-0.3, -0.25) is 0 Å². The third-order valence-electron chi connectivity index (χ3n) is 3.42. The van der Waals surface area contributed by atoms with Crippen LogP contribution in [0.1, 0.15) is 24.1 Å². The Morgan fingerprint density at radius 2 is 1.96 bits per heavy atom. The van der Waals surface area contributed by atoms with Gasteiger partial charge >= 0.3 is 6.03 Å². The highest BCUT2D eigenvalue weighted by atomic mass is 35.5.